The van der Waals surface area contributed by atoms with Crippen LogP contribution in [0.1, 0.15) is 33.1 Å². The fraction of sp³-hybridized carbons (Fsp3) is 1.00. The fourth-order valence-electron chi connectivity index (χ4n) is 2.58. The van der Waals surface area contributed by atoms with Crippen LogP contribution in [0.15, 0.2) is 0 Å². The molecule has 0 bridgehead atoms. The van der Waals surface area contributed by atoms with Crippen molar-refractivity contribution in [3.8, 4) is 0 Å². The van der Waals surface area contributed by atoms with Gasteiger partial charge >= 0.3 is 0 Å². The summed E-state index contributed by atoms with van der Waals surface area (Å²) in [6, 6.07) is 0.812. The van der Waals surface area contributed by atoms with E-state index in [0.29, 0.717) is 5.41 Å². The van der Waals surface area contributed by atoms with Crippen molar-refractivity contribution in [2.45, 2.75) is 39.2 Å². The van der Waals surface area contributed by atoms with Crippen molar-refractivity contribution in [1.29, 1.82) is 0 Å². The van der Waals surface area contributed by atoms with E-state index in [-0.39, 0.29) is 0 Å². The van der Waals surface area contributed by atoms with Gasteiger partial charge in [0.2, 0.25) is 0 Å². The zero-order valence-corrected chi connectivity index (χ0v) is 9.69. The summed E-state index contributed by atoms with van der Waals surface area (Å²) in [5.41, 5.74) is 0.613. The van der Waals surface area contributed by atoms with Crippen LogP contribution in [0.5, 0.6) is 0 Å². The van der Waals surface area contributed by atoms with Gasteiger partial charge in [-0.05, 0) is 43.3 Å². The van der Waals surface area contributed by atoms with Crippen molar-refractivity contribution in [3.63, 3.8) is 0 Å². The van der Waals surface area contributed by atoms with Crippen molar-refractivity contribution >= 4 is 12.6 Å². The highest BCUT2D eigenvalue weighted by molar-refractivity contribution is 7.80. The largest absolute Gasteiger partial charge is 0.300 e. The Balaban J connectivity index is 1.88. The lowest BCUT2D eigenvalue weighted by Crippen LogP contribution is -2.34. The topological polar surface area (TPSA) is 3.24 Å². The van der Waals surface area contributed by atoms with Crippen LogP contribution >= 0.6 is 12.6 Å². The van der Waals surface area contributed by atoms with E-state index in [1.807, 2.05) is 0 Å². The van der Waals surface area contributed by atoms with E-state index in [2.05, 4.69) is 31.4 Å². The quantitative estimate of drug-likeness (QED) is 0.683. The highest BCUT2D eigenvalue weighted by atomic mass is 32.1. The van der Waals surface area contributed by atoms with Crippen molar-refractivity contribution in [2.24, 2.45) is 11.3 Å². The van der Waals surface area contributed by atoms with Gasteiger partial charge in [0.05, 0.1) is 0 Å². The van der Waals surface area contributed by atoms with E-state index in [4.69, 9.17) is 0 Å². The van der Waals surface area contributed by atoms with Gasteiger partial charge in [0.15, 0.2) is 0 Å². The Morgan fingerprint density at radius 1 is 1.38 bits per heavy atom. The van der Waals surface area contributed by atoms with Gasteiger partial charge in [0.1, 0.15) is 0 Å². The Kier molecular flexibility index (Phi) is 2.63. The molecule has 0 aromatic rings. The minimum absolute atomic E-state index is 0.613. The minimum atomic E-state index is 0.613. The molecule has 0 aromatic heterocycles. The van der Waals surface area contributed by atoms with Crippen LogP contribution in [0.25, 0.3) is 0 Å². The van der Waals surface area contributed by atoms with Gasteiger partial charge < -0.3 is 0 Å². The predicted octanol–water partition coefficient (Wildman–Crippen LogP) is 2.43. The van der Waals surface area contributed by atoms with Crippen LogP contribution in [0.3, 0.4) is 0 Å². The number of hydrogen-bond donors (Lipinski definition) is 1. The Morgan fingerprint density at radius 3 is 2.46 bits per heavy atom. The standard InChI is InChI=1S/C11H21NS/c1-9-5-10(2)12(6-9)7-11(8-13)3-4-11/h9-10,13H,3-8H2,1-2H3. The average molecular weight is 199 g/mol. The fourth-order valence-corrected chi connectivity index (χ4v) is 3.00. The van der Waals surface area contributed by atoms with E-state index in [9.17, 15) is 0 Å². The van der Waals surface area contributed by atoms with E-state index in [1.165, 1.54) is 32.4 Å². The molecule has 0 amide bonds. The van der Waals surface area contributed by atoms with Gasteiger partial charge in [-0.3, -0.25) is 4.90 Å². The smallest absolute Gasteiger partial charge is 0.00702 e. The first kappa shape index (κ1) is 9.85. The number of nitrogens with zero attached hydrogens (tertiary/aromatic N) is 1. The van der Waals surface area contributed by atoms with Crippen LogP contribution in [0.4, 0.5) is 0 Å². The lowest BCUT2D eigenvalue weighted by molar-refractivity contribution is 0.222. The van der Waals surface area contributed by atoms with Gasteiger partial charge in [-0.2, -0.15) is 12.6 Å². The summed E-state index contributed by atoms with van der Waals surface area (Å²) in [7, 11) is 0. The molecule has 2 rings (SSSR count). The Bertz CT molecular complexity index is 189. The van der Waals surface area contributed by atoms with Crippen molar-refractivity contribution in [1.82, 2.24) is 4.90 Å². The number of hydrogen-bond acceptors (Lipinski definition) is 2. The van der Waals surface area contributed by atoms with Crippen LogP contribution in [0.2, 0.25) is 0 Å². The van der Waals surface area contributed by atoms with Crippen LogP contribution in [-0.4, -0.2) is 29.8 Å². The first-order chi connectivity index (χ1) is 6.15. The minimum Gasteiger partial charge on any atom is -0.300 e. The third-order valence-electron chi connectivity index (χ3n) is 3.74. The molecule has 2 aliphatic rings. The monoisotopic (exact) mass is 199 g/mol. The molecule has 0 spiro atoms. The predicted molar refractivity (Wildman–Crippen MR) is 60.3 cm³/mol. The lowest BCUT2D eigenvalue weighted by Gasteiger charge is -2.25. The molecule has 2 atom stereocenters. The molecule has 2 heteroatoms. The van der Waals surface area contributed by atoms with E-state index >= 15 is 0 Å². The molecule has 0 aromatic carbocycles. The highest BCUT2D eigenvalue weighted by Crippen LogP contribution is 2.48. The van der Waals surface area contributed by atoms with E-state index in [1.54, 1.807) is 0 Å². The molecule has 2 fully saturated rings. The van der Waals surface area contributed by atoms with Crippen molar-refractivity contribution < 1.29 is 0 Å². The summed E-state index contributed by atoms with van der Waals surface area (Å²) in [5, 5.41) is 0. The SMILES string of the molecule is CC1CC(C)N(CC2(CS)CC2)C1. The highest BCUT2D eigenvalue weighted by Gasteiger charge is 2.44. The Labute approximate surface area is 87.3 Å². The van der Waals surface area contributed by atoms with Crippen molar-refractivity contribution in [2.75, 3.05) is 18.8 Å². The van der Waals surface area contributed by atoms with E-state index < -0.39 is 0 Å². The van der Waals surface area contributed by atoms with Crippen LogP contribution in [-0.2, 0) is 0 Å². The lowest BCUT2D eigenvalue weighted by atomic mass is 10.1. The summed E-state index contributed by atoms with van der Waals surface area (Å²) in [5.74, 6) is 2.00. The molecule has 13 heavy (non-hydrogen) atoms. The molecular weight excluding hydrogens is 178 g/mol. The number of thiol groups is 1. The molecule has 1 saturated carbocycles. The molecule has 1 aliphatic carbocycles. The maximum absolute atomic E-state index is 4.46. The summed E-state index contributed by atoms with van der Waals surface area (Å²) < 4.78 is 0. The van der Waals surface area contributed by atoms with Crippen molar-refractivity contribution in [3.05, 3.63) is 0 Å². The normalized spacial score (nSPS) is 38.1. The Hall–Kier alpha value is 0.310. The molecule has 0 N–H and O–H groups in total. The maximum Gasteiger partial charge on any atom is 0.00702 e. The molecule has 1 saturated heterocycles. The molecule has 1 nitrogen and oxygen atoms in total. The zero-order valence-electron chi connectivity index (χ0n) is 8.79. The van der Waals surface area contributed by atoms with Gasteiger partial charge in [0, 0.05) is 19.1 Å². The number of rotatable bonds is 3. The maximum atomic E-state index is 4.46. The second kappa shape index (κ2) is 3.47. The number of likely N-dealkylation sites (tertiary alicyclic amines) is 1. The third-order valence-corrected chi connectivity index (χ3v) is 4.41. The molecular formula is C11H21NS. The molecule has 76 valence electrons. The average Bonchev–Trinajstić information content (AvgIpc) is 2.77. The van der Waals surface area contributed by atoms with Crippen LogP contribution in [0, 0.1) is 11.3 Å². The third kappa shape index (κ3) is 2.04. The molecule has 2 unspecified atom stereocenters. The Morgan fingerprint density at radius 2 is 2.08 bits per heavy atom. The summed E-state index contributed by atoms with van der Waals surface area (Å²) >= 11 is 4.46. The molecule has 1 heterocycles. The first-order valence-corrected chi connectivity index (χ1v) is 6.13. The summed E-state index contributed by atoms with van der Waals surface area (Å²) in [6.07, 6.45) is 4.21. The summed E-state index contributed by atoms with van der Waals surface area (Å²) in [4.78, 5) is 2.67. The van der Waals surface area contributed by atoms with Gasteiger partial charge in [-0.15, -0.1) is 0 Å². The first-order valence-electron chi connectivity index (χ1n) is 5.50. The van der Waals surface area contributed by atoms with Gasteiger partial charge in [-0.25, -0.2) is 0 Å². The second-order valence-electron chi connectivity index (χ2n) is 5.28. The molecule has 1 aliphatic heterocycles. The van der Waals surface area contributed by atoms with Gasteiger partial charge in [0.25, 0.3) is 0 Å². The summed E-state index contributed by atoms with van der Waals surface area (Å²) in [6.45, 7) is 7.37. The zero-order chi connectivity index (χ0) is 9.47. The van der Waals surface area contributed by atoms with Gasteiger partial charge in [-0.1, -0.05) is 6.92 Å². The van der Waals surface area contributed by atoms with E-state index in [0.717, 1.165) is 17.7 Å². The molecule has 0 radical (unpaired) electrons. The second-order valence-corrected chi connectivity index (χ2v) is 5.59. The van der Waals surface area contributed by atoms with Crippen LogP contribution < -0.4 is 0 Å².